The van der Waals surface area contributed by atoms with Gasteiger partial charge in [0.25, 0.3) is 0 Å². The van der Waals surface area contributed by atoms with E-state index in [0.29, 0.717) is 27.0 Å². The molecule has 186 valence electrons. The van der Waals surface area contributed by atoms with E-state index in [0.717, 1.165) is 20.0 Å². The van der Waals surface area contributed by atoms with Crippen molar-refractivity contribution in [1.29, 1.82) is 0 Å². The van der Waals surface area contributed by atoms with Crippen molar-refractivity contribution < 1.29 is 27.9 Å². The Labute approximate surface area is 206 Å². The summed E-state index contributed by atoms with van der Waals surface area (Å²) in [4.78, 5) is 23.1. The van der Waals surface area contributed by atoms with Gasteiger partial charge in [0, 0.05) is 37.9 Å². The molecule has 0 aromatic heterocycles. The number of carbonyl (C=O) groups excluding carboxylic acids is 1. The molecule has 0 aliphatic heterocycles. The summed E-state index contributed by atoms with van der Waals surface area (Å²) >= 11 is 11.8. The first-order valence-corrected chi connectivity index (χ1v) is 10.9. The molecule has 1 atom stereocenters. The third kappa shape index (κ3) is 10.0. The van der Waals surface area contributed by atoms with Crippen LogP contribution < -0.4 is 5.32 Å². The summed E-state index contributed by atoms with van der Waals surface area (Å²) in [5.74, 6) is -2.30. The van der Waals surface area contributed by atoms with Crippen molar-refractivity contribution in [3.05, 3.63) is 69.4 Å². The summed E-state index contributed by atoms with van der Waals surface area (Å²) in [5, 5.41) is 16.2. The number of halogens is 5. The maximum atomic E-state index is 13.7. The number of carboxylic acid groups (broad SMARTS) is 1. The summed E-state index contributed by atoms with van der Waals surface area (Å²) in [6.07, 6.45) is 2.77. The average Bonchev–Trinajstić information content (AvgIpc) is 2.73. The molecule has 1 amide bonds. The van der Waals surface area contributed by atoms with E-state index in [1.807, 2.05) is 0 Å². The number of hydrazone groups is 1. The molecule has 1 unspecified atom stereocenters. The highest BCUT2D eigenvalue weighted by Crippen LogP contribution is 2.31. The summed E-state index contributed by atoms with van der Waals surface area (Å²) in [6.45, 7) is 2.84. The fraction of sp³-hybridized carbons (Fsp3) is 0.348. The number of rotatable bonds is 11. The maximum Gasteiger partial charge on any atom is 0.433 e. The molecule has 11 heteroatoms. The molecule has 0 saturated carbocycles. The van der Waals surface area contributed by atoms with Crippen LogP contribution in [-0.4, -0.2) is 48.0 Å². The molecule has 0 fully saturated rings. The molecule has 0 spiro atoms. The van der Waals surface area contributed by atoms with E-state index in [9.17, 15) is 22.8 Å². The zero-order valence-corrected chi connectivity index (χ0v) is 20.4. The van der Waals surface area contributed by atoms with Gasteiger partial charge in [-0.15, -0.1) is 0 Å². The molecule has 0 aliphatic carbocycles. The van der Waals surface area contributed by atoms with E-state index >= 15 is 0 Å². The van der Waals surface area contributed by atoms with Gasteiger partial charge >= 0.3 is 12.1 Å². The Hall–Kier alpha value is -2.78. The first kappa shape index (κ1) is 29.3. The Morgan fingerprint density at radius 1 is 1.26 bits per heavy atom. The van der Waals surface area contributed by atoms with E-state index in [1.54, 1.807) is 37.3 Å². The lowest BCUT2D eigenvalue weighted by Gasteiger charge is -2.22. The number of allylic oxidation sites excluding steroid dienone is 3. The number of benzene rings is 1. The second-order valence-electron chi connectivity index (χ2n) is 7.22. The third-order valence-electron chi connectivity index (χ3n) is 4.54. The number of nitrogens with one attached hydrogen (secondary N) is 1. The number of hydrogen-bond donors (Lipinski definition) is 2. The van der Waals surface area contributed by atoms with E-state index < -0.39 is 29.3 Å². The molecule has 2 N–H and O–H groups in total. The Kier molecular flexibility index (Phi) is 11.9. The lowest BCUT2D eigenvalue weighted by atomic mass is 10.0. The Morgan fingerprint density at radius 2 is 1.94 bits per heavy atom. The minimum absolute atomic E-state index is 0.0277. The van der Waals surface area contributed by atoms with Crippen LogP contribution in [0.3, 0.4) is 0 Å². The number of aliphatic carboxylic acids is 1. The predicted octanol–water partition coefficient (Wildman–Crippen LogP) is 5.63. The number of nitrogens with zero attached hydrogens (tertiary/aromatic N) is 2. The molecular formula is C23H26Cl2F3N3O3. The largest absolute Gasteiger partial charge is 0.478 e. The molecular weight excluding hydrogens is 494 g/mol. The zero-order valence-electron chi connectivity index (χ0n) is 18.9. The topological polar surface area (TPSA) is 82.0 Å². The van der Waals surface area contributed by atoms with Gasteiger partial charge in [0.15, 0.2) is 0 Å². The van der Waals surface area contributed by atoms with Gasteiger partial charge < -0.3 is 10.4 Å². The van der Waals surface area contributed by atoms with Crippen LogP contribution in [0.15, 0.2) is 58.9 Å². The number of amides is 1. The van der Waals surface area contributed by atoms with E-state index in [1.165, 1.54) is 12.3 Å². The summed E-state index contributed by atoms with van der Waals surface area (Å²) in [7, 11) is 1.10. The first-order valence-electron chi connectivity index (χ1n) is 10.1. The van der Waals surface area contributed by atoms with Gasteiger partial charge in [-0.3, -0.25) is 9.80 Å². The molecule has 1 rings (SSSR count). The number of hydrogen-bond acceptors (Lipinski definition) is 4. The van der Waals surface area contributed by atoms with Gasteiger partial charge in [-0.2, -0.15) is 18.3 Å². The van der Waals surface area contributed by atoms with Crippen LogP contribution in [0, 0.1) is 5.92 Å². The van der Waals surface area contributed by atoms with Crippen LogP contribution in [0.1, 0.15) is 25.8 Å². The van der Waals surface area contributed by atoms with Crippen LogP contribution in [-0.2, 0) is 16.0 Å². The predicted molar refractivity (Wildman–Crippen MR) is 128 cm³/mol. The molecule has 0 saturated heterocycles. The van der Waals surface area contributed by atoms with Gasteiger partial charge in [0.2, 0.25) is 5.91 Å². The van der Waals surface area contributed by atoms with Crippen LogP contribution >= 0.6 is 23.2 Å². The monoisotopic (exact) mass is 519 g/mol. The van der Waals surface area contributed by atoms with E-state index in [-0.39, 0.29) is 18.9 Å². The van der Waals surface area contributed by atoms with Crippen molar-refractivity contribution in [2.45, 2.75) is 32.9 Å². The van der Waals surface area contributed by atoms with Crippen LogP contribution in [0.5, 0.6) is 0 Å². The molecule has 1 aromatic rings. The van der Waals surface area contributed by atoms with Crippen molar-refractivity contribution in [3.8, 4) is 0 Å². The molecule has 0 radical (unpaired) electrons. The number of alkyl halides is 3. The standard InChI is InChI=1S/C23H26Cl2F3N3O3/c1-4-6-17(7-5-8-20(32)33)14-29-22(34)15(2)21(23(26,27)28)31(3)30-12-11-16-9-10-18(24)19(25)13-16/h4-6,8-10,12-13,17H,7,11,14H2,1-3H3,(H,29,34)(H,32,33)/b6-4-,8-5+,21-15+,30-12+. The zero-order chi connectivity index (χ0) is 25.9. The second kappa shape index (κ2) is 13.8. The van der Waals surface area contributed by atoms with Crippen LogP contribution in [0.25, 0.3) is 0 Å². The first-order chi connectivity index (χ1) is 15.9. The fourth-order valence-electron chi connectivity index (χ4n) is 2.94. The second-order valence-corrected chi connectivity index (χ2v) is 8.03. The van der Waals surface area contributed by atoms with Crippen molar-refractivity contribution in [2.24, 2.45) is 11.0 Å². The quantitative estimate of drug-likeness (QED) is 0.172. The van der Waals surface area contributed by atoms with Gasteiger partial charge in [0.1, 0.15) is 5.70 Å². The molecule has 34 heavy (non-hydrogen) atoms. The highest BCUT2D eigenvalue weighted by atomic mass is 35.5. The SMILES string of the molecule is C/C=C\C(C/C=C/C(=O)O)CNC(=O)/C(C)=C(/N(C)/N=C/Cc1ccc(Cl)c(Cl)c1)C(F)(F)F. The average molecular weight is 520 g/mol. The highest BCUT2D eigenvalue weighted by Gasteiger charge is 2.40. The molecule has 1 aromatic carbocycles. The lowest BCUT2D eigenvalue weighted by Crippen LogP contribution is -2.34. The van der Waals surface area contributed by atoms with Crippen molar-refractivity contribution in [2.75, 3.05) is 13.6 Å². The summed E-state index contributed by atoms with van der Waals surface area (Å²) < 4.78 is 41.2. The Morgan fingerprint density at radius 3 is 2.50 bits per heavy atom. The van der Waals surface area contributed by atoms with E-state index in [4.69, 9.17) is 28.3 Å². The number of carboxylic acids is 1. The third-order valence-corrected chi connectivity index (χ3v) is 5.28. The van der Waals surface area contributed by atoms with Gasteiger partial charge in [-0.05, 0) is 43.9 Å². The normalized spacial score (nSPS) is 14.0. The minimum atomic E-state index is -4.83. The molecule has 0 heterocycles. The summed E-state index contributed by atoms with van der Waals surface area (Å²) in [5.41, 5.74) is -1.06. The van der Waals surface area contributed by atoms with Gasteiger partial charge in [-0.25, -0.2) is 4.79 Å². The maximum absolute atomic E-state index is 13.7. The minimum Gasteiger partial charge on any atom is -0.478 e. The Bertz CT molecular complexity index is 989. The van der Waals surface area contributed by atoms with Crippen molar-refractivity contribution in [1.82, 2.24) is 10.3 Å². The van der Waals surface area contributed by atoms with E-state index in [2.05, 4.69) is 10.4 Å². The Balaban J connectivity index is 2.96. The van der Waals surface area contributed by atoms with Gasteiger partial charge in [0.05, 0.1) is 10.0 Å². The highest BCUT2D eigenvalue weighted by molar-refractivity contribution is 6.42. The number of carbonyl (C=O) groups is 2. The fourth-order valence-corrected chi connectivity index (χ4v) is 3.26. The smallest absolute Gasteiger partial charge is 0.433 e. The summed E-state index contributed by atoms with van der Waals surface area (Å²) in [6, 6.07) is 4.83. The van der Waals surface area contributed by atoms with Crippen molar-refractivity contribution >= 4 is 41.3 Å². The van der Waals surface area contributed by atoms with Crippen molar-refractivity contribution in [3.63, 3.8) is 0 Å². The molecule has 6 nitrogen and oxygen atoms in total. The molecule has 0 aliphatic rings. The molecule has 0 bridgehead atoms. The van der Waals surface area contributed by atoms with Crippen LogP contribution in [0.2, 0.25) is 10.0 Å². The van der Waals surface area contributed by atoms with Crippen LogP contribution in [0.4, 0.5) is 13.2 Å². The lowest BCUT2D eigenvalue weighted by molar-refractivity contribution is -0.131. The van der Waals surface area contributed by atoms with Gasteiger partial charge in [-0.1, -0.05) is 47.5 Å².